The number of aromatic nitrogens is 3. The summed E-state index contributed by atoms with van der Waals surface area (Å²) in [6.07, 6.45) is 1.53. The minimum absolute atomic E-state index is 0.247. The topological polar surface area (TPSA) is 70.7 Å². The van der Waals surface area contributed by atoms with Crippen LogP contribution in [0.15, 0.2) is 18.3 Å². The number of anilines is 1. The molecule has 0 spiro atoms. The maximum atomic E-state index is 12.0. The number of pyridine rings is 1. The highest BCUT2D eigenvalue weighted by Crippen LogP contribution is 2.15. The molecule has 6 heteroatoms. The fraction of sp³-hybridized carbons (Fsp3) is 0.182. The Kier molecular flexibility index (Phi) is 3.10. The average Bonchev–Trinajstić information content (AvgIpc) is 2.58. The monoisotopic (exact) mass is 250 g/mol. The van der Waals surface area contributed by atoms with Crippen molar-refractivity contribution in [3.8, 4) is 0 Å². The van der Waals surface area contributed by atoms with Gasteiger partial charge in [-0.05, 0) is 26.0 Å². The highest BCUT2D eigenvalue weighted by molar-refractivity contribution is 6.30. The number of hydrogen-bond acceptors (Lipinski definition) is 3. The Labute approximate surface area is 103 Å². The van der Waals surface area contributed by atoms with Gasteiger partial charge in [0.15, 0.2) is 0 Å². The van der Waals surface area contributed by atoms with E-state index in [2.05, 4.69) is 20.5 Å². The Bertz CT molecular complexity index is 545. The van der Waals surface area contributed by atoms with Gasteiger partial charge in [0.05, 0.1) is 11.3 Å². The van der Waals surface area contributed by atoms with Crippen molar-refractivity contribution < 1.29 is 4.79 Å². The number of aryl methyl sites for hydroxylation is 2. The number of carbonyl (C=O) groups excluding carboxylic acids is 1. The number of nitrogens with one attached hydrogen (secondary N) is 2. The predicted molar refractivity (Wildman–Crippen MR) is 65.3 cm³/mol. The van der Waals surface area contributed by atoms with Crippen molar-refractivity contribution in [2.24, 2.45) is 0 Å². The van der Waals surface area contributed by atoms with E-state index in [1.807, 2.05) is 0 Å². The van der Waals surface area contributed by atoms with Gasteiger partial charge in [-0.3, -0.25) is 9.89 Å². The Balaban J connectivity index is 2.23. The summed E-state index contributed by atoms with van der Waals surface area (Å²) < 4.78 is 0. The first-order valence-corrected chi connectivity index (χ1v) is 5.40. The first kappa shape index (κ1) is 11.6. The number of carbonyl (C=O) groups is 1. The van der Waals surface area contributed by atoms with Gasteiger partial charge in [0.25, 0.3) is 5.91 Å². The van der Waals surface area contributed by atoms with E-state index in [1.54, 1.807) is 26.0 Å². The van der Waals surface area contributed by atoms with Gasteiger partial charge in [-0.15, -0.1) is 0 Å². The third-order valence-electron chi connectivity index (χ3n) is 2.32. The molecule has 17 heavy (non-hydrogen) atoms. The standard InChI is InChI=1S/C11H11ClN4O/c1-6-10(7(2)16-15-6)11(17)14-9-5-8(12)3-4-13-9/h3-5H,1-2H3,(H,15,16)(H,13,14,17). The highest BCUT2D eigenvalue weighted by atomic mass is 35.5. The number of H-pyrrole nitrogens is 1. The molecule has 0 aromatic carbocycles. The third-order valence-corrected chi connectivity index (χ3v) is 2.55. The van der Waals surface area contributed by atoms with E-state index in [-0.39, 0.29) is 5.91 Å². The minimum Gasteiger partial charge on any atom is -0.306 e. The molecule has 2 N–H and O–H groups in total. The predicted octanol–water partition coefficient (Wildman–Crippen LogP) is 2.33. The zero-order chi connectivity index (χ0) is 12.4. The smallest absolute Gasteiger partial charge is 0.260 e. The van der Waals surface area contributed by atoms with E-state index >= 15 is 0 Å². The van der Waals surface area contributed by atoms with Crippen LogP contribution in [0.1, 0.15) is 21.7 Å². The van der Waals surface area contributed by atoms with Crippen LogP contribution in [0.5, 0.6) is 0 Å². The van der Waals surface area contributed by atoms with E-state index in [1.165, 1.54) is 6.20 Å². The van der Waals surface area contributed by atoms with Gasteiger partial charge in [0.1, 0.15) is 5.82 Å². The maximum absolute atomic E-state index is 12.0. The van der Waals surface area contributed by atoms with Crippen LogP contribution in [0.4, 0.5) is 5.82 Å². The summed E-state index contributed by atoms with van der Waals surface area (Å²) in [5.74, 6) is 0.172. The Morgan fingerprint density at radius 2 is 2.24 bits per heavy atom. The van der Waals surface area contributed by atoms with Crippen LogP contribution in [0.3, 0.4) is 0 Å². The van der Waals surface area contributed by atoms with Gasteiger partial charge in [0.2, 0.25) is 0 Å². The molecule has 0 saturated carbocycles. The molecule has 0 aliphatic heterocycles. The molecule has 0 aliphatic rings. The van der Waals surface area contributed by atoms with Gasteiger partial charge in [0, 0.05) is 16.9 Å². The van der Waals surface area contributed by atoms with Crippen LogP contribution in [-0.4, -0.2) is 21.1 Å². The number of amides is 1. The van der Waals surface area contributed by atoms with E-state index < -0.39 is 0 Å². The van der Waals surface area contributed by atoms with Crippen LogP contribution >= 0.6 is 11.6 Å². The second kappa shape index (κ2) is 4.55. The first-order chi connectivity index (χ1) is 8.08. The molecule has 5 nitrogen and oxygen atoms in total. The molecule has 2 aromatic rings. The molecule has 0 fully saturated rings. The Hall–Kier alpha value is -1.88. The summed E-state index contributed by atoms with van der Waals surface area (Å²) in [6, 6.07) is 3.23. The SMILES string of the molecule is Cc1n[nH]c(C)c1C(=O)Nc1cc(Cl)ccn1. The minimum atomic E-state index is -0.247. The van der Waals surface area contributed by atoms with Gasteiger partial charge in [-0.25, -0.2) is 4.98 Å². The van der Waals surface area contributed by atoms with E-state index in [9.17, 15) is 4.79 Å². The lowest BCUT2D eigenvalue weighted by Gasteiger charge is -2.04. The van der Waals surface area contributed by atoms with E-state index in [0.29, 0.717) is 22.1 Å². The fourth-order valence-electron chi connectivity index (χ4n) is 1.54. The van der Waals surface area contributed by atoms with Crippen LogP contribution in [0.25, 0.3) is 0 Å². The number of hydrogen-bond donors (Lipinski definition) is 2. The van der Waals surface area contributed by atoms with Crippen molar-refractivity contribution in [2.45, 2.75) is 13.8 Å². The zero-order valence-corrected chi connectivity index (χ0v) is 10.2. The molecule has 0 unspecified atom stereocenters. The Morgan fingerprint density at radius 3 is 2.82 bits per heavy atom. The van der Waals surface area contributed by atoms with Crippen LogP contribution in [0.2, 0.25) is 5.02 Å². The molecular weight excluding hydrogens is 240 g/mol. The summed E-state index contributed by atoms with van der Waals surface area (Å²) in [5, 5.41) is 9.92. The quantitative estimate of drug-likeness (QED) is 0.859. The molecule has 1 amide bonds. The Morgan fingerprint density at radius 1 is 1.47 bits per heavy atom. The third kappa shape index (κ3) is 2.45. The van der Waals surface area contributed by atoms with Gasteiger partial charge in [-0.1, -0.05) is 11.6 Å². The lowest BCUT2D eigenvalue weighted by Crippen LogP contribution is -2.14. The second-order valence-electron chi connectivity index (χ2n) is 3.62. The molecule has 0 radical (unpaired) electrons. The summed E-state index contributed by atoms with van der Waals surface area (Å²) >= 11 is 5.81. The van der Waals surface area contributed by atoms with Crippen molar-refractivity contribution in [3.05, 3.63) is 40.3 Å². The fourth-order valence-corrected chi connectivity index (χ4v) is 1.70. The lowest BCUT2D eigenvalue weighted by atomic mass is 10.2. The van der Waals surface area contributed by atoms with Crippen LogP contribution in [0, 0.1) is 13.8 Å². The van der Waals surface area contributed by atoms with Crippen LogP contribution in [-0.2, 0) is 0 Å². The number of halogens is 1. The van der Waals surface area contributed by atoms with Crippen molar-refractivity contribution in [2.75, 3.05) is 5.32 Å². The normalized spacial score (nSPS) is 10.3. The van der Waals surface area contributed by atoms with Crippen LogP contribution < -0.4 is 5.32 Å². The number of aromatic amines is 1. The highest BCUT2D eigenvalue weighted by Gasteiger charge is 2.15. The first-order valence-electron chi connectivity index (χ1n) is 5.02. The summed E-state index contributed by atoms with van der Waals surface area (Å²) in [5.41, 5.74) is 1.91. The lowest BCUT2D eigenvalue weighted by molar-refractivity contribution is 0.102. The van der Waals surface area contributed by atoms with Gasteiger partial charge in [-0.2, -0.15) is 5.10 Å². The van der Waals surface area contributed by atoms with Gasteiger partial charge < -0.3 is 5.32 Å². The van der Waals surface area contributed by atoms with Crippen molar-refractivity contribution in [1.29, 1.82) is 0 Å². The van der Waals surface area contributed by atoms with Crippen molar-refractivity contribution in [3.63, 3.8) is 0 Å². The summed E-state index contributed by atoms with van der Waals surface area (Å²) in [6.45, 7) is 3.56. The average molecular weight is 251 g/mol. The maximum Gasteiger partial charge on any atom is 0.260 e. The molecule has 0 atom stereocenters. The number of rotatable bonds is 2. The van der Waals surface area contributed by atoms with Gasteiger partial charge >= 0.3 is 0 Å². The molecule has 2 aromatic heterocycles. The second-order valence-corrected chi connectivity index (χ2v) is 4.06. The van der Waals surface area contributed by atoms with Crippen molar-refractivity contribution >= 4 is 23.3 Å². The van der Waals surface area contributed by atoms with E-state index in [0.717, 1.165) is 5.69 Å². The van der Waals surface area contributed by atoms with E-state index in [4.69, 9.17) is 11.6 Å². The zero-order valence-electron chi connectivity index (χ0n) is 9.41. The number of nitrogens with zero attached hydrogens (tertiary/aromatic N) is 2. The molecule has 88 valence electrons. The largest absolute Gasteiger partial charge is 0.306 e. The summed E-state index contributed by atoms with van der Waals surface area (Å²) in [4.78, 5) is 16.0. The molecular formula is C11H11ClN4O. The molecule has 2 heterocycles. The molecule has 0 bridgehead atoms. The molecule has 0 saturated heterocycles. The molecule has 2 rings (SSSR count). The summed E-state index contributed by atoms with van der Waals surface area (Å²) in [7, 11) is 0. The van der Waals surface area contributed by atoms with Crippen molar-refractivity contribution in [1.82, 2.24) is 15.2 Å². The molecule has 0 aliphatic carbocycles.